The maximum absolute atomic E-state index is 12.5. The van der Waals surface area contributed by atoms with Crippen molar-refractivity contribution in [2.24, 2.45) is 5.92 Å². The Balaban J connectivity index is 2.13. The second kappa shape index (κ2) is 5.64. The molecule has 104 valence electrons. The number of hydrogen-bond acceptors (Lipinski definition) is 2. The Morgan fingerprint density at radius 1 is 1.32 bits per heavy atom. The van der Waals surface area contributed by atoms with E-state index < -0.39 is 0 Å². The van der Waals surface area contributed by atoms with Crippen molar-refractivity contribution in [1.82, 2.24) is 4.90 Å². The number of aryl methyl sites for hydroxylation is 1. The van der Waals surface area contributed by atoms with E-state index in [4.69, 9.17) is 5.73 Å². The Morgan fingerprint density at radius 2 is 2.05 bits per heavy atom. The third kappa shape index (κ3) is 3.28. The molecule has 1 saturated carbocycles. The van der Waals surface area contributed by atoms with Crippen LogP contribution in [0.25, 0.3) is 0 Å². The molecule has 1 aromatic carbocycles. The molecule has 1 fully saturated rings. The standard InChI is InChI=1S/C16H24N2O/c1-11-5-4-6-15(9-11)18(3)16(19)13-7-12(2)8-14(17)10-13/h7-8,10-11,15H,4-6,9,17H2,1-3H3. The molecule has 2 rings (SSSR count). The van der Waals surface area contributed by atoms with Gasteiger partial charge in [0.1, 0.15) is 0 Å². The van der Waals surface area contributed by atoms with Gasteiger partial charge in [0.2, 0.25) is 0 Å². The molecule has 2 N–H and O–H groups in total. The molecule has 0 radical (unpaired) electrons. The van der Waals surface area contributed by atoms with E-state index in [1.54, 1.807) is 6.07 Å². The molecule has 0 bridgehead atoms. The number of nitrogens with zero attached hydrogens (tertiary/aromatic N) is 1. The van der Waals surface area contributed by atoms with Crippen molar-refractivity contribution < 1.29 is 4.79 Å². The molecule has 1 amide bonds. The average Bonchev–Trinajstić information content (AvgIpc) is 2.36. The Kier molecular flexibility index (Phi) is 4.13. The predicted molar refractivity (Wildman–Crippen MR) is 79.1 cm³/mol. The number of amides is 1. The van der Waals surface area contributed by atoms with Gasteiger partial charge < -0.3 is 10.6 Å². The lowest BCUT2D eigenvalue weighted by molar-refractivity contribution is 0.0672. The second-order valence-electron chi connectivity index (χ2n) is 5.97. The third-order valence-electron chi connectivity index (χ3n) is 4.12. The molecule has 3 nitrogen and oxygen atoms in total. The van der Waals surface area contributed by atoms with E-state index in [0.717, 1.165) is 24.3 Å². The van der Waals surface area contributed by atoms with E-state index in [-0.39, 0.29) is 5.91 Å². The first-order valence-electron chi connectivity index (χ1n) is 7.11. The fraction of sp³-hybridized carbons (Fsp3) is 0.562. The minimum absolute atomic E-state index is 0.0921. The van der Waals surface area contributed by atoms with Crippen LogP contribution in [-0.4, -0.2) is 23.9 Å². The topological polar surface area (TPSA) is 46.3 Å². The van der Waals surface area contributed by atoms with Crippen LogP contribution in [0.15, 0.2) is 18.2 Å². The van der Waals surface area contributed by atoms with Gasteiger partial charge in [-0.15, -0.1) is 0 Å². The monoisotopic (exact) mass is 260 g/mol. The van der Waals surface area contributed by atoms with Crippen LogP contribution in [0.4, 0.5) is 5.69 Å². The quantitative estimate of drug-likeness (QED) is 0.830. The Hall–Kier alpha value is -1.51. The summed E-state index contributed by atoms with van der Waals surface area (Å²) in [6.07, 6.45) is 4.74. The van der Waals surface area contributed by atoms with Gasteiger partial charge in [-0.05, 0) is 49.4 Å². The van der Waals surface area contributed by atoms with Crippen molar-refractivity contribution in [3.05, 3.63) is 29.3 Å². The molecule has 0 spiro atoms. The number of anilines is 1. The Labute approximate surface area is 115 Å². The fourth-order valence-corrected chi connectivity index (χ4v) is 3.06. The minimum Gasteiger partial charge on any atom is -0.399 e. The van der Waals surface area contributed by atoms with Gasteiger partial charge in [-0.2, -0.15) is 0 Å². The maximum Gasteiger partial charge on any atom is 0.253 e. The smallest absolute Gasteiger partial charge is 0.253 e. The molecule has 2 atom stereocenters. The highest BCUT2D eigenvalue weighted by atomic mass is 16.2. The van der Waals surface area contributed by atoms with Crippen LogP contribution in [0.3, 0.4) is 0 Å². The van der Waals surface area contributed by atoms with Gasteiger partial charge in [-0.3, -0.25) is 4.79 Å². The lowest BCUT2D eigenvalue weighted by Crippen LogP contribution is -2.39. The van der Waals surface area contributed by atoms with Crippen LogP contribution in [-0.2, 0) is 0 Å². The summed E-state index contributed by atoms with van der Waals surface area (Å²) in [6, 6.07) is 5.96. The van der Waals surface area contributed by atoms with Crippen molar-refractivity contribution in [3.8, 4) is 0 Å². The first kappa shape index (κ1) is 13.9. The van der Waals surface area contributed by atoms with Crippen LogP contribution < -0.4 is 5.73 Å². The zero-order valence-electron chi connectivity index (χ0n) is 12.1. The van der Waals surface area contributed by atoms with E-state index in [2.05, 4.69) is 6.92 Å². The van der Waals surface area contributed by atoms with E-state index in [0.29, 0.717) is 17.3 Å². The first-order chi connectivity index (χ1) is 8.97. The van der Waals surface area contributed by atoms with E-state index in [1.807, 2.05) is 31.0 Å². The van der Waals surface area contributed by atoms with Gasteiger partial charge in [-0.1, -0.05) is 19.8 Å². The van der Waals surface area contributed by atoms with Crippen LogP contribution >= 0.6 is 0 Å². The summed E-state index contributed by atoms with van der Waals surface area (Å²) >= 11 is 0. The van der Waals surface area contributed by atoms with E-state index >= 15 is 0 Å². The lowest BCUT2D eigenvalue weighted by Gasteiger charge is -2.34. The molecular weight excluding hydrogens is 236 g/mol. The summed E-state index contributed by atoms with van der Waals surface area (Å²) in [7, 11) is 1.92. The highest BCUT2D eigenvalue weighted by Crippen LogP contribution is 2.27. The highest BCUT2D eigenvalue weighted by Gasteiger charge is 2.26. The molecule has 19 heavy (non-hydrogen) atoms. The van der Waals surface area contributed by atoms with Crippen LogP contribution in [0.2, 0.25) is 0 Å². The van der Waals surface area contributed by atoms with Crippen molar-refractivity contribution in [1.29, 1.82) is 0 Å². The Morgan fingerprint density at radius 3 is 2.68 bits per heavy atom. The normalized spacial score (nSPS) is 23.1. The summed E-state index contributed by atoms with van der Waals surface area (Å²) in [5, 5.41) is 0. The zero-order chi connectivity index (χ0) is 14.0. The van der Waals surface area contributed by atoms with Crippen LogP contribution in [0.1, 0.15) is 48.5 Å². The first-order valence-corrected chi connectivity index (χ1v) is 7.11. The highest BCUT2D eigenvalue weighted by molar-refractivity contribution is 5.95. The molecule has 0 aliphatic heterocycles. The molecule has 0 saturated heterocycles. The molecule has 0 aromatic heterocycles. The van der Waals surface area contributed by atoms with E-state index in [1.165, 1.54) is 12.8 Å². The second-order valence-corrected chi connectivity index (χ2v) is 5.97. The molecule has 1 aliphatic carbocycles. The molecule has 0 heterocycles. The molecular formula is C16H24N2O. The number of nitrogens with two attached hydrogens (primary N) is 1. The van der Waals surface area contributed by atoms with Crippen molar-refractivity contribution in [2.75, 3.05) is 12.8 Å². The number of carbonyl (C=O) groups is 1. The summed E-state index contributed by atoms with van der Waals surface area (Å²) in [6.45, 7) is 4.24. The summed E-state index contributed by atoms with van der Waals surface area (Å²) in [5.41, 5.74) is 8.23. The zero-order valence-corrected chi connectivity index (χ0v) is 12.1. The predicted octanol–water partition coefficient (Wildman–Crippen LogP) is 3.23. The summed E-state index contributed by atoms with van der Waals surface area (Å²) < 4.78 is 0. The SMILES string of the molecule is Cc1cc(N)cc(C(=O)N(C)C2CCCC(C)C2)c1. The van der Waals surface area contributed by atoms with Crippen LogP contribution in [0, 0.1) is 12.8 Å². The van der Waals surface area contributed by atoms with Crippen molar-refractivity contribution in [2.45, 2.75) is 45.6 Å². The van der Waals surface area contributed by atoms with E-state index in [9.17, 15) is 4.79 Å². The number of benzene rings is 1. The summed E-state index contributed by atoms with van der Waals surface area (Å²) in [4.78, 5) is 14.4. The van der Waals surface area contributed by atoms with Gasteiger partial charge >= 0.3 is 0 Å². The number of rotatable bonds is 2. The number of nitrogen functional groups attached to an aromatic ring is 1. The number of hydrogen-bond donors (Lipinski definition) is 1. The van der Waals surface area contributed by atoms with Gasteiger partial charge in [-0.25, -0.2) is 0 Å². The third-order valence-corrected chi connectivity index (χ3v) is 4.12. The van der Waals surface area contributed by atoms with Gasteiger partial charge in [0, 0.05) is 24.3 Å². The number of carbonyl (C=O) groups excluding carboxylic acids is 1. The van der Waals surface area contributed by atoms with Gasteiger partial charge in [0.05, 0.1) is 0 Å². The van der Waals surface area contributed by atoms with Crippen molar-refractivity contribution >= 4 is 11.6 Å². The Bertz CT molecular complexity index is 450. The molecule has 1 aliphatic rings. The summed E-state index contributed by atoms with van der Waals surface area (Å²) in [5.74, 6) is 0.811. The largest absolute Gasteiger partial charge is 0.399 e. The minimum atomic E-state index is 0.0921. The maximum atomic E-state index is 12.5. The van der Waals surface area contributed by atoms with Gasteiger partial charge in [0.15, 0.2) is 0 Å². The molecule has 1 aromatic rings. The van der Waals surface area contributed by atoms with Crippen LogP contribution in [0.5, 0.6) is 0 Å². The molecule has 2 unspecified atom stereocenters. The van der Waals surface area contributed by atoms with Crippen molar-refractivity contribution in [3.63, 3.8) is 0 Å². The fourth-order valence-electron chi connectivity index (χ4n) is 3.06. The average molecular weight is 260 g/mol. The lowest BCUT2D eigenvalue weighted by atomic mass is 9.86. The molecule has 3 heteroatoms. The van der Waals surface area contributed by atoms with Gasteiger partial charge in [0.25, 0.3) is 5.91 Å².